The summed E-state index contributed by atoms with van der Waals surface area (Å²) in [5.74, 6) is -0.704. The lowest BCUT2D eigenvalue weighted by Crippen LogP contribution is -2.27. The number of halogens is 1. The van der Waals surface area contributed by atoms with Gasteiger partial charge in [-0.1, -0.05) is 22.0 Å². The highest BCUT2D eigenvalue weighted by Gasteiger charge is 2.10. The summed E-state index contributed by atoms with van der Waals surface area (Å²) in [5, 5.41) is 8.15. The largest absolute Gasteiger partial charge is 0.352 e. The monoisotopic (exact) mass is 417 g/mol. The molecule has 26 heavy (non-hydrogen) atoms. The van der Waals surface area contributed by atoms with Crippen LogP contribution in [0, 0.1) is 6.92 Å². The number of benzene rings is 2. The van der Waals surface area contributed by atoms with Gasteiger partial charge in [0.2, 0.25) is 11.8 Å². The lowest BCUT2D eigenvalue weighted by atomic mass is 10.2. The van der Waals surface area contributed by atoms with Crippen LogP contribution in [0.4, 0.5) is 11.4 Å². The number of nitrogens with one attached hydrogen (secondary N) is 3. The third-order valence-corrected chi connectivity index (χ3v) is 4.03. The molecular formula is C19H20BrN3O3. The highest BCUT2D eigenvalue weighted by molar-refractivity contribution is 9.10. The van der Waals surface area contributed by atoms with E-state index in [1.165, 1.54) is 6.92 Å². The molecule has 0 aliphatic rings. The Morgan fingerprint density at radius 1 is 0.962 bits per heavy atom. The van der Waals surface area contributed by atoms with Gasteiger partial charge >= 0.3 is 0 Å². The topological polar surface area (TPSA) is 87.3 Å². The predicted molar refractivity (Wildman–Crippen MR) is 105 cm³/mol. The van der Waals surface area contributed by atoms with Crippen LogP contribution in [0.2, 0.25) is 0 Å². The Kier molecular flexibility index (Phi) is 6.91. The van der Waals surface area contributed by atoms with E-state index in [1.54, 1.807) is 36.4 Å². The second kappa shape index (κ2) is 9.15. The van der Waals surface area contributed by atoms with Gasteiger partial charge in [0.15, 0.2) is 0 Å². The van der Waals surface area contributed by atoms with Crippen molar-refractivity contribution >= 4 is 45.0 Å². The number of rotatable bonds is 6. The van der Waals surface area contributed by atoms with Gasteiger partial charge in [-0.05, 0) is 48.9 Å². The zero-order valence-corrected chi connectivity index (χ0v) is 16.1. The SMILES string of the molecule is CC(=O)Nc1ccc(C)cc1NC(=O)CCNC(=O)c1ccc(Br)cc1. The van der Waals surface area contributed by atoms with Crippen molar-refractivity contribution in [3.63, 3.8) is 0 Å². The molecule has 0 saturated carbocycles. The molecule has 6 nitrogen and oxygen atoms in total. The van der Waals surface area contributed by atoms with Crippen LogP contribution in [0.15, 0.2) is 46.9 Å². The molecule has 2 rings (SSSR count). The van der Waals surface area contributed by atoms with E-state index < -0.39 is 0 Å². The summed E-state index contributed by atoms with van der Waals surface area (Å²) in [6, 6.07) is 12.3. The molecule has 0 spiro atoms. The van der Waals surface area contributed by atoms with Crippen LogP contribution in [0.1, 0.15) is 29.3 Å². The van der Waals surface area contributed by atoms with Crippen LogP contribution >= 0.6 is 15.9 Å². The fraction of sp³-hybridized carbons (Fsp3) is 0.211. The number of carbonyl (C=O) groups excluding carboxylic acids is 3. The van der Waals surface area contributed by atoms with Crippen LogP contribution < -0.4 is 16.0 Å². The van der Waals surface area contributed by atoms with E-state index >= 15 is 0 Å². The maximum atomic E-state index is 12.1. The first-order valence-electron chi connectivity index (χ1n) is 8.07. The summed E-state index contributed by atoms with van der Waals surface area (Å²) in [4.78, 5) is 35.4. The summed E-state index contributed by atoms with van der Waals surface area (Å²) in [7, 11) is 0. The van der Waals surface area contributed by atoms with E-state index in [2.05, 4.69) is 31.9 Å². The summed E-state index contributed by atoms with van der Waals surface area (Å²) in [5.41, 5.74) is 2.55. The summed E-state index contributed by atoms with van der Waals surface area (Å²) >= 11 is 3.31. The van der Waals surface area contributed by atoms with Crippen molar-refractivity contribution in [3.8, 4) is 0 Å². The minimum Gasteiger partial charge on any atom is -0.352 e. The van der Waals surface area contributed by atoms with Crippen molar-refractivity contribution in [2.24, 2.45) is 0 Å². The first-order chi connectivity index (χ1) is 12.3. The van der Waals surface area contributed by atoms with Crippen LogP contribution in [0.5, 0.6) is 0 Å². The molecule has 0 aromatic heterocycles. The predicted octanol–water partition coefficient (Wildman–Crippen LogP) is 3.47. The highest BCUT2D eigenvalue weighted by Crippen LogP contribution is 2.23. The van der Waals surface area contributed by atoms with E-state index in [0.717, 1.165) is 10.0 Å². The molecular weight excluding hydrogens is 398 g/mol. The van der Waals surface area contributed by atoms with Crippen LogP contribution in [-0.4, -0.2) is 24.3 Å². The van der Waals surface area contributed by atoms with Gasteiger partial charge in [0, 0.05) is 29.9 Å². The number of hydrogen-bond donors (Lipinski definition) is 3. The fourth-order valence-electron chi connectivity index (χ4n) is 2.27. The highest BCUT2D eigenvalue weighted by atomic mass is 79.9. The van der Waals surface area contributed by atoms with Gasteiger partial charge in [-0.25, -0.2) is 0 Å². The van der Waals surface area contributed by atoms with E-state index in [4.69, 9.17) is 0 Å². The first-order valence-corrected chi connectivity index (χ1v) is 8.86. The zero-order chi connectivity index (χ0) is 19.1. The van der Waals surface area contributed by atoms with Crippen molar-refractivity contribution < 1.29 is 14.4 Å². The van der Waals surface area contributed by atoms with Crippen molar-refractivity contribution in [2.75, 3.05) is 17.2 Å². The Balaban J connectivity index is 1.89. The molecule has 0 heterocycles. The average molecular weight is 418 g/mol. The van der Waals surface area contributed by atoms with E-state index in [0.29, 0.717) is 16.9 Å². The molecule has 0 unspecified atom stereocenters. The van der Waals surface area contributed by atoms with Crippen molar-refractivity contribution in [1.29, 1.82) is 0 Å². The van der Waals surface area contributed by atoms with Gasteiger partial charge in [0.25, 0.3) is 5.91 Å². The number of aryl methyl sites for hydroxylation is 1. The number of anilines is 2. The standard InChI is InChI=1S/C19H20BrN3O3/c1-12-3-8-16(22-13(2)24)17(11-12)23-18(25)9-10-21-19(26)14-4-6-15(20)7-5-14/h3-8,11H,9-10H2,1-2H3,(H,21,26)(H,22,24)(H,23,25). The van der Waals surface area contributed by atoms with Gasteiger partial charge in [-0.15, -0.1) is 0 Å². The van der Waals surface area contributed by atoms with Gasteiger partial charge in [0.1, 0.15) is 0 Å². The minimum atomic E-state index is -0.252. The smallest absolute Gasteiger partial charge is 0.251 e. The molecule has 0 aliphatic carbocycles. The lowest BCUT2D eigenvalue weighted by molar-refractivity contribution is -0.116. The van der Waals surface area contributed by atoms with E-state index in [-0.39, 0.29) is 30.7 Å². The molecule has 2 aromatic carbocycles. The van der Waals surface area contributed by atoms with Crippen molar-refractivity contribution in [2.45, 2.75) is 20.3 Å². The molecule has 0 fully saturated rings. The van der Waals surface area contributed by atoms with Crippen LogP contribution in [0.3, 0.4) is 0 Å². The second-order valence-corrected chi connectivity index (χ2v) is 6.71. The van der Waals surface area contributed by atoms with Crippen molar-refractivity contribution in [1.82, 2.24) is 5.32 Å². The van der Waals surface area contributed by atoms with Crippen LogP contribution in [-0.2, 0) is 9.59 Å². The lowest BCUT2D eigenvalue weighted by Gasteiger charge is -2.12. The summed E-state index contributed by atoms with van der Waals surface area (Å²) in [6.45, 7) is 3.51. The Bertz CT molecular complexity index is 819. The molecule has 0 bridgehead atoms. The van der Waals surface area contributed by atoms with Gasteiger partial charge in [-0.3, -0.25) is 14.4 Å². The van der Waals surface area contributed by atoms with E-state index in [1.807, 2.05) is 13.0 Å². The molecule has 3 N–H and O–H groups in total. The Labute approximate surface area is 160 Å². The van der Waals surface area contributed by atoms with Crippen LogP contribution in [0.25, 0.3) is 0 Å². The van der Waals surface area contributed by atoms with Gasteiger partial charge < -0.3 is 16.0 Å². The second-order valence-electron chi connectivity index (χ2n) is 5.79. The molecule has 0 saturated heterocycles. The summed E-state index contributed by atoms with van der Waals surface area (Å²) in [6.07, 6.45) is 0.121. The maximum Gasteiger partial charge on any atom is 0.251 e. The quantitative estimate of drug-likeness (QED) is 0.672. The number of amides is 3. The fourth-order valence-corrected chi connectivity index (χ4v) is 2.53. The average Bonchev–Trinajstić information content (AvgIpc) is 2.57. The minimum absolute atomic E-state index is 0.121. The molecule has 2 aromatic rings. The number of carbonyl (C=O) groups is 3. The normalized spacial score (nSPS) is 10.1. The first kappa shape index (κ1) is 19.7. The van der Waals surface area contributed by atoms with Gasteiger partial charge in [0.05, 0.1) is 11.4 Å². The molecule has 0 radical (unpaired) electrons. The maximum absolute atomic E-state index is 12.1. The molecule has 7 heteroatoms. The third kappa shape index (κ3) is 6.00. The summed E-state index contributed by atoms with van der Waals surface area (Å²) < 4.78 is 0.890. The molecule has 0 atom stereocenters. The molecule has 0 aliphatic heterocycles. The Hall–Kier alpha value is -2.67. The zero-order valence-electron chi connectivity index (χ0n) is 14.6. The Morgan fingerprint density at radius 3 is 2.31 bits per heavy atom. The number of hydrogen-bond acceptors (Lipinski definition) is 3. The third-order valence-electron chi connectivity index (χ3n) is 3.50. The molecule has 136 valence electrons. The molecule has 3 amide bonds. The van der Waals surface area contributed by atoms with E-state index in [9.17, 15) is 14.4 Å². The van der Waals surface area contributed by atoms with Crippen molar-refractivity contribution in [3.05, 3.63) is 58.1 Å². The van der Waals surface area contributed by atoms with Gasteiger partial charge in [-0.2, -0.15) is 0 Å². The Morgan fingerprint density at radius 2 is 1.65 bits per heavy atom.